The number of aromatic amines is 1. The van der Waals surface area contributed by atoms with Gasteiger partial charge in [0.15, 0.2) is 11.0 Å². The van der Waals surface area contributed by atoms with E-state index in [-0.39, 0.29) is 23.8 Å². The van der Waals surface area contributed by atoms with Crippen molar-refractivity contribution in [2.75, 3.05) is 19.6 Å². The van der Waals surface area contributed by atoms with Crippen molar-refractivity contribution < 1.29 is 19.5 Å². The largest absolute Gasteiger partial charge is 0.480 e. The summed E-state index contributed by atoms with van der Waals surface area (Å²) < 4.78 is 0. The second-order valence-corrected chi connectivity index (χ2v) is 7.27. The van der Waals surface area contributed by atoms with Crippen LogP contribution in [0.3, 0.4) is 0 Å². The minimum atomic E-state index is -0.952. The Morgan fingerprint density at radius 1 is 1.26 bits per heavy atom. The number of aryl methyl sites for hydroxylation is 1. The summed E-state index contributed by atoms with van der Waals surface area (Å²) in [5.41, 5.74) is 0.723. The summed E-state index contributed by atoms with van der Waals surface area (Å²) in [6.07, 6.45) is 3.09. The molecule has 9 nitrogen and oxygen atoms in total. The number of aliphatic carboxylic acids is 1. The third-order valence-corrected chi connectivity index (χ3v) is 5.49. The summed E-state index contributed by atoms with van der Waals surface area (Å²) in [6, 6.07) is -1.02. The third kappa shape index (κ3) is 4.18. The maximum Gasteiger partial charge on any atom is 0.326 e. The molecule has 0 aliphatic carbocycles. The Labute approximate surface area is 162 Å². The summed E-state index contributed by atoms with van der Waals surface area (Å²) in [5.74, 6) is -1.07. The van der Waals surface area contributed by atoms with Gasteiger partial charge in [-0.05, 0) is 32.1 Å². The van der Waals surface area contributed by atoms with Gasteiger partial charge in [-0.2, -0.15) is 0 Å². The number of hydrogen-bond acceptors (Lipinski definition) is 4. The number of urea groups is 1. The Morgan fingerprint density at radius 3 is 2.56 bits per heavy atom. The van der Waals surface area contributed by atoms with E-state index < -0.39 is 12.0 Å². The highest BCUT2D eigenvalue weighted by molar-refractivity contribution is 6.30. The van der Waals surface area contributed by atoms with Crippen LogP contribution in [0.2, 0.25) is 5.15 Å². The lowest BCUT2D eigenvalue weighted by Gasteiger charge is -2.35. The number of carbonyl (C=O) groups excluding carboxylic acids is 2. The fourth-order valence-electron chi connectivity index (χ4n) is 3.63. The third-order valence-electron chi connectivity index (χ3n) is 5.18. The molecule has 0 radical (unpaired) electrons. The molecule has 3 rings (SSSR count). The van der Waals surface area contributed by atoms with Crippen molar-refractivity contribution in [2.24, 2.45) is 0 Å². The van der Waals surface area contributed by atoms with Crippen LogP contribution in [0.25, 0.3) is 0 Å². The van der Waals surface area contributed by atoms with Gasteiger partial charge in [-0.3, -0.25) is 4.79 Å². The van der Waals surface area contributed by atoms with E-state index in [9.17, 15) is 19.5 Å². The van der Waals surface area contributed by atoms with E-state index >= 15 is 0 Å². The average molecular weight is 398 g/mol. The minimum absolute atomic E-state index is 0.0654. The molecule has 10 heteroatoms. The minimum Gasteiger partial charge on any atom is -0.480 e. The molecule has 2 saturated heterocycles. The lowest BCUT2D eigenvalue weighted by atomic mass is 10.1. The van der Waals surface area contributed by atoms with Crippen molar-refractivity contribution in [1.82, 2.24) is 25.1 Å². The molecule has 2 aliphatic rings. The average Bonchev–Trinajstić information content (AvgIpc) is 3.28. The maximum atomic E-state index is 12.6. The van der Waals surface area contributed by atoms with E-state index in [2.05, 4.69) is 15.3 Å². The van der Waals surface area contributed by atoms with E-state index in [0.717, 1.165) is 5.69 Å². The summed E-state index contributed by atoms with van der Waals surface area (Å²) in [5, 5.41) is 12.5. The molecule has 148 valence electrons. The number of amides is 3. The molecule has 1 aromatic rings. The second kappa shape index (κ2) is 8.16. The van der Waals surface area contributed by atoms with Crippen LogP contribution in [-0.2, 0) is 11.2 Å². The highest BCUT2D eigenvalue weighted by atomic mass is 35.5. The summed E-state index contributed by atoms with van der Waals surface area (Å²) in [6.45, 7) is 3.35. The molecule has 1 atom stereocenters. The topological polar surface area (TPSA) is 119 Å². The molecule has 0 unspecified atom stereocenters. The van der Waals surface area contributed by atoms with Gasteiger partial charge in [0.25, 0.3) is 5.91 Å². The molecule has 3 N–H and O–H groups in total. The van der Waals surface area contributed by atoms with Crippen LogP contribution in [-0.4, -0.2) is 74.5 Å². The molecule has 0 aromatic carbocycles. The fraction of sp³-hybridized carbons (Fsp3) is 0.647. The van der Waals surface area contributed by atoms with Crippen molar-refractivity contribution in [3.05, 3.63) is 16.7 Å². The number of likely N-dealkylation sites (tertiary alicyclic amines) is 2. The first-order valence-corrected chi connectivity index (χ1v) is 9.62. The Morgan fingerprint density at radius 2 is 1.96 bits per heavy atom. The molecule has 1 aromatic heterocycles. The van der Waals surface area contributed by atoms with Crippen LogP contribution in [0, 0.1) is 0 Å². The lowest BCUT2D eigenvalue weighted by molar-refractivity contribution is -0.141. The Kier molecular flexibility index (Phi) is 5.88. The number of halogens is 1. The van der Waals surface area contributed by atoms with E-state index in [4.69, 9.17) is 11.6 Å². The van der Waals surface area contributed by atoms with Crippen LogP contribution in [0.15, 0.2) is 0 Å². The quantitative estimate of drug-likeness (QED) is 0.711. The van der Waals surface area contributed by atoms with Crippen molar-refractivity contribution in [3.8, 4) is 0 Å². The monoisotopic (exact) mass is 397 g/mol. The number of piperidine rings is 1. The first-order valence-electron chi connectivity index (χ1n) is 9.24. The first kappa shape index (κ1) is 19.5. The molecule has 2 fully saturated rings. The van der Waals surface area contributed by atoms with Crippen LogP contribution >= 0.6 is 11.6 Å². The zero-order chi connectivity index (χ0) is 19.6. The van der Waals surface area contributed by atoms with Gasteiger partial charge in [-0.25, -0.2) is 14.6 Å². The fourth-order valence-corrected chi connectivity index (χ4v) is 3.90. The molecule has 0 saturated carbocycles. The zero-order valence-corrected chi connectivity index (χ0v) is 16.0. The number of carboxylic acids is 1. The molecule has 3 heterocycles. The number of H-pyrrole nitrogens is 1. The predicted molar refractivity (Wildman–Crippen MR) is 97.8 cm³/mol. The van der Waals surface area contributed by atoms with Gasteiger partial charge in [0.2, 0.25) is 0 Å². The SMILES string of the molecule is CCc1[nH]c(C(=O)NC2CCN(C(=O)N3CCC[C@H]3C(=O)O)CC2)nc1Cl. The summed E-state index contributed by atoms with van der Waals surface area (Å²) in [7, 11) is 0. The van der Waals surface area contributed by atoms with Crippen LogP contribution < -0.4 is 5.32 Å². The van der Waals surface area contributed by atoms with E-state index in [1.165, 1.54) is 4.90 Å². The molecule has 0 bridgehead atoms. The van der Waals surface area contributed by atoms with Gasteiger partial charge < -0.3 is 25.2 Å². The number of carboxylic acid groups (broad SMARTS) is 1. The van der Waals surface area contributed by atoms with E-state index in [1.807, 2.05) is 6.92 Å². The highest BCUT2D eigenvalue weighted by Crippen LogP contribution is 2.21. The molecular formula is C17H24ClN5O4. The van der Waals surface area contributed by atoms with Gasteiger partial charge in [0.1, 0.15) is 6.04 Å². The van der Waals surface area contributed by atoms with Gasteiger partial charge in [-0.1, -0.05) is 18.5 Å². The van der Waals surface area contributed by atoms with Gasteiger partial charge in [0.05, 0.1) is 5.69 Å². The first-order chi connectivity index (χ1) is 12.9. The number of hydrogen-bond donors (Lipinski definition) is 3. The standard InChI is InChI=1S/C17H24ClN5O4/c1-2-11-13(18)21-14(20-11)15(24)19-10-5-8-22(9-6-10)17(27)23-7-3-4-12(23)16(25)26/h10,12H,2-9H2,1H3,(H,19,24)(H,20,21)(H,25,26)/t12-/m0/s1. The van der Waals surface area contributed by atoms with Gasteiger partial charge in [0, 0.05) is 25.7 Å². The molecule has 0 spiro atoms. The second-order valence-electron chi connectivity index (χ2n) is 6.92. The number of carbonyl (C=O) groups is 3. The van der Waals surface area contributed by atoms with Gasteiger partial charge >= 0.3 is 12.0 Å². The van der Waals surface area contributed by atoms with Crippen LogP contribution in [0.5, 0.6) is 0 Å². The molecule has 27 heavy (non-hydrogen) atoms. The summed E-state index contributed by atoms with van der Waals surface area (Å²) in [4.78, 5) is 46.3. The van der Waals surface area contributed by atoms with Crippen molar-refractivity contribution in [1.29, 1.82) is 0 Å². The lowest BCUT2D eigenvalue weighted by Crippen LogP contribution is -2.52. The van der Waals surface area contributed by atoms with Gasteiger partial charge in [-0.15, -0.1) is 0 Å². The van der Waals surface area contributed by atoms with Crippen LogP contribution in [0.1, 0.15) is 48.9 Å². The normalized spacial score (nSPS) is 20.7. The predicted octanol–water partition coefficient (Wildman–Crippen LogP) is 1.49. The Balaban J connectivity index is 1.52. The number of imidazole rings is 1. The smallest absolute Gasteiger partial charge is 0.326 e. The number of rotatable bonds is 4. The van der Waals surface area contributed by atoms with E-state index in [1.54, 1.807) is 4.90 Å². The Hall–Kier alpha value is -2.29. The molecular weight excluding hydrogens is 374 g/mol. The molecule has 3 amide bonds. The highest BCUT2D eigenvalue weighted by Gasteiger charge is 2.37. The number of nitrogens with one attached hydrogen (secondary N) is 2. The van der Waals surface area contributed by atoms with Crippen molar-refractivity contribution in [3.63, 3.8) is 0 Å². The number of aromatic nitrogens is 2. The van der Waals surface area contributed by atoms with Crippen molar-refractivity contribution >= 4 is 29.5 Å². The Bertz CT molecular complexity index is 729. The maximum absolute atomic E-state index is 12.6. The van der Waals surface area contributed by atoms with Crippen LogP contribution in [0.4, 0.5) is 4.79 Å². The summed E-state index contributed by atoms with van der Waals surface area (Å²) >= 11 is 5.97. The van der Waals surface area contributed by atoms with Crippen molar-refractivity contribution in [2.45, 2.75) is 51.1 Å². The zero-order valence-electron chi connectivity index (χ0n) is 15.2. The molecule has 2 aliphatic heterocycles. The van der Waals surface area contributed by atoms with E-state index in [0.29, 0.717) is 56.9 Å². The number of nitrogens with zero attached hydrogens (tertiary/aromatic N) is 3.